The van der Waals surface area contributed by atoms with E-state index in [4.69, 9.17) is 4.98 Å². The number of carbonyl (C=O) groups is 1. The summed E-state index contributed by atoms with van der Waals surface area (Å²) in [4.78, 5) is 23.8. The summed E-state index contributed by atoms with van der Waals surface area (Å²) in [6, 6.07) is 14.2. The lowest BCUT2D eigenvalue weighted by atomic mass is 10.2. The lowest BCUT2D eigenvalue weighted by Gasteiger charge is -2.20. The number of aromatic nitrogens is 3. The third kappa shape index (κ3) is 5.05. The zero-order valence-electron chi connectivity index (χ0n) is 17.7. The molecule has 0 atom stereocenters. The maximum absolute atomic E-state index is 13.2. The smallest absolute Gasteiger partial charge is 0.229 e. The molecule has 9 heteroatoms. The number of benzene rings is 2. The van der Waals surface area contributed by atoms with Crippen molar-refractivity contribution in [2.75, 3.05) is 17.2 Å². The largest absolute Gasteiger partial charge is 0.337 e. The predicted octanol–water partition coefficient (Wildman–Crippen LogP) is 4.09. The number of hydrogen-bond acceptors (Lipinski definition) is 6. The Hall–Kier alpha value is -3.04. The molecule has 2 heterocycles. The SMILES string of the molecule is Cc1cccc2sc(N(CCCn3ccnc3)C(=O)CCS(=O)(=O)c3ccccc3)nc12. The van der Waals surface area contributed by atoms with Gasteiger partial charge in [0.1, 0.15) is 0 Å². The van der Waals surface area contributed by atoms with E-state index in [9.17, 15) is 13.2 Å². The second kappa shape index (κ2) is 9.62. The molecule has 166 valence electrons. The van der Waals surface area contributed by atoms with E-state index in [0.717, 1.165) is 15.8 Å². The van der Waals surface area contributed by atoms with E-state index >= 15 is 0 Å². The maximum Gasteiger partial charge on any atom is 0.229 e. The lowest BCUT2D eigenvalue weighted by Crippen LogP contribution is -2.33. The van der Waals surface area contributed by atoms with Crippen molar-refractivity contribution in [2.45, 2.75) is 31.2 Å². The predicted molar refractivity (Wildman–Crippen MR) is 127 cm³/mol. The Morgan fingerprint density at radius 2 is 1.94 bits per heavy atom. The molecular formula is C23H24N4O3S2. The molecule has 0 bridgehead atoms. The van der Waals surface area contributed by atoms with Crippen molar-refractivity contribution >= 4 is 42.4 Å². The van der Waals surface area contributed by atoms with Gasteiger partial charge >= 0.3 is 0 Å². The van der Waals surface area contributed by atoms with Crippen molar-refractivity contribution in [2.24, 2.45) is 0 Å². The molecule has 0 aliphatic carbocycles. The fraction of sp³-hybridized carbons (Fsp3) is 0.261. The van der Waals surface area contributed by atoms with Crippen molar-refractivity contribution in [3.8, 4) is 0 Å². The van der Waals surface area contributed by atoms with Gasteiger partial charge in [-0.1, -0.05) is 41.7 Å². The molecule has 0 aliphatic heterocycles. The summed E-state index contributed by atoms with van der Waals surface area (Å²) < 4.78 is 28.3. The number of sulfone groups is 1. The minimum Gasteiger partial charge on any atom is -0.337 e. The number of hydrogen-bond donors (Lipinski definition) is 0. The summed E-state index contributed by atoms with van der Waals surface area (Å²) in [6.45, 7) is 3.14. The summed E-state index contributed by atoms with van der Waals surface area (Å²) in [5, 5.41) is 0.599. The van der Waals surface area contributed by atoms with Gasteiger partial charge in [-0.15, -0.1) is 0 Å². The molecule has 32 heavy (non-hydrogen) atoms. The molecule has 0 saturated heterocycles. The first-order valence-electron chi connectivity index (χ1n) is 10.3. The molecule has 0 N–H and O–H groups in total. The van der Waals surface area contributed by atoms with E-state index in [1.165, 1.54) is 11.3 Å². The van der Waals surface area contributed by atoms with Crippen LogP contribution in [-0.2, 0) is 21.2 Å². The van der Waals surface area contributed by atoms with Crippen LogP contribution in [0.4, 0.5) is 5.13 Å². The van der Waals surface area contributed by atoms with Gasteiger partial charge < -0.3 is 4.57 Å². The van der Waals surface area contributed by atoms with Gasteiger partial charge in [0.05, 0.1) is 27.2 Å². The van der Waals surface area contributed by atoms with Crippen LogP contribution in [0.3, 0.4) is 0 Å². The highest BCUT2D eigenvalue weighted by Gasteiger charge is 2.23. The highest BCUT2D eigenvalue weighted by molar-refractivity contribution is 7.91. The van der Waals surface area contributed by atoms with E-state index in [1.807, 2.05) is 35.9 Å². The van der Waals surface area contributed by atoms with Crippen molar-refractivity contribution in [1.82, 2.24) is 14.5 Å². The van der Waals surface area contributed by atoms with Crippen molar-refractivity contribution in [1.29, 1.82) is 0 Å². The fourth-order valence-corrected chi connectivity index (χ4v) is 5.79. The van der Waals surface area contributed by atoms with Gasteiger partial charge in [-0.3, -0.25) is 9.69 Å². The first-order chi connectivity index (χ1) is 15.4. The molecule has 0 saturated carbocycles. The fourth-order valence-electron chi connectivity index (χ4n) is 3.45. The van der Waals surface area contributed by atoms with E-state index in [2.05, 4.69) is 4.98 Å². The Labute approximate surface area is 191 Å². The number of para-hydroxylation sites is 1. The van der Waals surface area contributed by atoms with Crippen LogP contribution in [0.1, 0.15) is 18.4 Å². The molecule has 0 fully saturated rings. The molecule has 2 aromatic carbocycles. The van der Waals surface area contributed by atoms with Crippen molar-refractivity contribution in [3.05, 3.63) is 72.8 Å². The normalized spacial score (nSPS) is 11.7. The van der Waals surface area contributed by atoms with Crippen LogP contribution in [0.25, 0.3) is 10.2 Å². The average Bonchev–Trinajstić information content (AvgIpc) is 3.46. The van der Waals surface area contributed by atoms with Crippen molar-refractivity contribution in [3.63, 3.8) is 0 Å². The summed E-state index contributed by atoms with van der Waals surface area (Å²) in [7, 11) is -3.54. The van der Waals surface area contributed by atoms with Crippen LogP contribution in [0.2, 0.25) is 0 Å². The van der Waals surface area contributed by atoms with Gasteiger partial charge in [0.15, 0.2) is 15.0 Å². The molecule has 0 aliphatic rings. The highest BCUT2D eigenvalue weighted by atomic mass is 32.2. The van der Waals surface area contributed by atoms with Crippen LogP contribution < -0.4 is 4.90 Å². The van der Waals surface area contributed by atoms with Crippen molar-refractivity contribution < 1.29 is 13.2 Å². The Morgan fingerprint density at radius 3 is 2.66 bits per heavy atom. The van der Waals surface area contributed by atoms with Gasteiger partial charge in [0.2, 0.25) is 5.91 Å². The van der Waals surface area contributed by atoms with Gasteiger partial charge in [-0.25, -0.2) is 18.4 Å². The third-order valence-corrected chi connectivity index (χ3v) is 7.96. The Bertz CT molecular complexity index is 1300. The van der Waals surface area contributed by atoms with Gasteiger partial charge in [-0.2, -0.15) is 0 Å². The van der Waals surface area contributed by atoms with Crippen LogP contribution in [0, 0.1) is 6.92 Å². The second-order valence-corrected chi connectivity index (χ2v) is 10.6. The molecule has 1 amide bonds. The zero-order valence-corrected chi connectivity index (χ0v) is 19.3. The van der Waals surface area contributed by atoms with Crippen LogP contribution in [0.15, 0.2) is 72.1 Å². The van der Waals surface area contributed by atoms with Gasteiger partial charge in [-0.05, 0) is 37.1 Å². The Kier molecular flexibility index (Phi) is 6.66. The van der Waals surface area contributed by atoms with Crippen LogP contribution in [0.5, 0.6) is 0 Å². The number of anilines is 1. The number of imidazole rings is 1. The van der Waals surface area contributed by atoms with E-state index in [0.29, 0.717) is 24.6 Å². The average molecular weight is 469 g/mol. The number of thiazole rings is 1. The zero-order chi connectivity index (χ0) is 22.6. The number of amides is 1. The summed E-state index contributed by atoms with van der Waals surface area (Å²) in [5.41, 5.74) is 1.92. The molecular weight excluding hydrogens is 444 g/mol. The van der Waals surface area contributed by atoms with E-state index in [1.54, 1.807) is 47.8 Å². The minimum atomic E-state index is -3.54. The molecule has 0 unspecified atom stereocenters. The number of nitrogens with zero attached hydrogens (tertiary/aromatic N) is 4. The minimum absolute atomic E-state index is 0.1000. The Morgan fingerprint density at radius 1 is 1.12 bits per heavy atom. The molecule has 4 rings (SSSR count). The molecule has 4 aromatic rings. The second-order valence-electron chi connectivity index (χ2n) is 7.50. The van der Waals surface area contributed by atoms with E-state index < -0.39 is 9.84 Å². The monoisotopic (exact) mass is 468 g/mol. The highest BCUT2D eigenvalue weighted by Crippen LogP contribution is 2.31. The van der Waals surface area contributed by atoms with Gasteiger partial charge in [0, 0.05) is 31.9 Å². The molecule has 0 spiro atoms. The first kappa shape index (κ1) is 22.2. The van der Waals surface area contributed by atoms with Crippen LogP contribution in [-0.4, -0.2) is 41.2 Å². The number of carbonyl (C=O) groups excluding carboxylic acids is 1. The van der Waals surface area contributed by atoms with E-state index in [-0.39, 0.29) is 23.0 Å². The molecule has 0 radical (unpaired) electrons. The molecule has 2 aromatic heterocycles. The first-order valence-corrected chi connectivity index (χ1v) is 12.8. The lowest BCUT2D eigenvalue weighted by molar-refractivity contribution is -0.118. The maximum atomic E-state index is 13.2. The summed E-state index contributed by atoms with van der Waals surface area (Å²) in [5.74, 6) is -0.482. The third-order valence-electron chi connectivity index (χ3n) is 5.19. The van der Waals surface area contributed by atoms with Crippen LogP contribution >= 0.6 is 11.3 Å². The molecule has 7 nitrogen and oxygen atoms in total. The number of rotatable bonds is 9. The van der Waals surface area contributed by atoms with Gasteiger partial charge in [0.25, 0.3) is 0 Å². The summed E-state index contributed by atoms with van der Waals surface area (Å²) in [6.07, 6.45) is 5.92. The Balaban J connectivity index is 1.53. The topological polar surface area (TPSA) is 85.2 Å². The number of aryl methyl sites for hydroxylation is 2. The summed E-state index contributed by atoms with van der Waals surface area (Å²) >= 11 is 1.45. The number of fused-ring (bicyclic) bond motifs is 1. The standard InChI is InChI=1S/C23H24N4O3S2/c1-18-7-5-10-20-22(18)25-23(31-20)27(14-6-13-26-15-12-24-17-26)21(28)11-16-32(29,30)19-8-3-2-4-9-19/h2-5,7-10,12,15,17H,6,11,13-14,16H2,1H3. The quantitative estimate of drug-likeness (QED) is 0.369.